The molecule has 0 aliphatic carbocycles. The summed E-state index contributed by atoms with van der Waals surface area (Å²) >= 11 is 12.0. The van der Waals surface area contributed by atoms with E-state index >= 15 is 0 Å². The third kappa shape index (κ3) is 3.46. The number of carbonyl (C=O) groups is 1. The van der Waals surface area contributed by atoms with Crippen molar-refractivity contribution in [2.24, 2.45) is 0 Å². The van der Waals surface area contributed by atoms with Gasteiger partial charge in [-0.15, -0.1) is 0 Å². The number of carbonyl (C=O) groups excluding carboxylic acids is 1. The molecule has 23 heavy (non-hydrogen) atoms. The van der Waals surface area contributed by atoms with Crippen LogP contribution < -0.4 is 20.1 Å². The van der Waals surface area contributed by atoms with Gasteiger partial charge in [-0.25, -0.2) is 4.79 Å². The molecule has 1 aliphatic heterocycles. The molecule has 0 saturated carbocycles. The van der Waals surface area contributed by atoms with Crippen LogP contribution in [0.4, 0.5) is 10.5 Å². The third-order valence-corrected chi connectivity index (χ3v) is 4.26. The topological polar surface area (TPSA) is 59.6 Å². The summed E-state index contributed by atoms with van der Waals surface area (Å²) in [4.78, 5) is 12.1. The smallest absolute Gasteiger partial charge is 0.319 e. The minimum atomic E-state index is -0.376. The first kappa shape index (κ1) is 15.8. The molecule has 0 fully saturated rings. The van der Waals surface area contributed by atoms with Crippen LogP contribution in [0.3, 0.4) is 0 Å². The maximum atomic E-state index is 12.1. The van der Waals surface area contributed by atoms with Crippen molar-refractivity contribution in [2.45, 2.75) is 13.0 Å². The lowest BCUT2D eigenvalue weighted by atomic mass is 10.1. The van der Waals surface area contributed by atoms with Gasteiger partial charge in [-0.2, -0.15) is 0 Å². The van der Waals surface area contributed by atoms with Crippen LogP contribution in [0.15, 0.2) is 36.4 Å². The van der Waals surface area contributed by atoms with Crippen molar-refractivity contribution < 1.29 is 14.3 Å². The maximum absolute atomic E-state index is 12.1. The minimum absolute atomic E-state index is 0.217. The van der Waals surface area contributed by atoms with E-state index in [4.69, 9.17) is 32.7 Å². The fourth-order valence-electron chi connectivity index (χ4n) is 2.22. The molecule has 2 amide bonds. The van der Waals surface area contributed by atoms with E-state index in [-0.39, 0.29) is 18.9 Å². The van der Waals surface area contributed by atoms with Gasteiger partial charge in [0.05, 0.1) is 21.8 Å². The molecule has 0 aromatic heterocycles. The molecular formula is C16H14Cl2N2O3. The molecule has 7 heteroatoms. The SMILES string of the molecule is C[C@H](NC(=O)Nc1cccc(Cl)c1Cl)c1ccc2c(c1)OCO2. The summed E-state index contributed by atoms with van der Waals surface area (Å²) in [5.74, 6) is 1.38. The molecule has 0 spiro atoms. The van der Waals surface area contributed by atoms with E-state index in [9.17, 15) is 4.79 Å². The van der Waals surface area contributed by atoms with E-state index in [0.29, 0.717) is 27.2 Å². The third-order valence-electron chi connectivity index (χ3n) is 3.44. The Kier molecular flexibility index (Phi) is 4.50. The lowest BCUT2D eigenvalue weighted by molar-refractivity contribution is 0.174. The Balaban J connectivity index is 1.66. The molecule has 2 N–H and O–H groups in total. The zero-order valence-electron chi connectivity index (χ0n) is 12.2. The highest BCUT2D eigenvalue weighted by Gasteiger charge is 2.17. The molecule has 2 aromatic carbocycles. The Bertz CT molecular complexity index is 752. The van der Waals surface area contributed by atoms with Crippen LogP contribution in [0, 0.1) is 0 Å². The van der Waals surface area contributed by atoms with Crippen LogP contribution in [0.2, 0.25) is 10.0 Å². The molecule has 5 nitrogen and oxygen atoms in total. The second-order valence-electron chi connectivity index (χ2n) is 5.03. The largest absolute Gasteiger partial charge is 0.454 e. The first-order chi connectivity index (χ1) is 11.0. The number of amides is 2. The Morgan fingerprint density at radius 2 is 1.96 bits per heavy atom. The second kappa shape index (κ2) is 6.56. The summed E-state index contributed by atoms with van der Waals surface area (Å²) in [6.07, 6.45) is 0. The number of halogens is 2. The first-order valence-corrected chi connectivity index (χ1v) is 7.71. The van der Waals surface area contributed by atoms with E-state index in [1.165, 1.54) is 0 Å². The zero-order valence-corrected chi connectivity index (χ0v) is 13.7. The molecule has 2 aromatic rings. The fourth-order valence-corrected chi connectivity index (χ4v) is 2.57. The molecule has 0 saturated heterocycles. The number of fused-ring (bicyclic) bond motifs is 1. The number of hydrogen-bond donors (Lipinski definition) is 2. The molecule has 120 valence electrons. The summed E-state index contributed by atoms with van der Waals surface area (Å²) in [6, 6.07) is 10.0. The summed E-state index contributed by atoms with van der Waals surface area (Å²) in [5.41, 5.74) is 1.36. The number of urea groups is 1. The summed E-state index contributed by atoms with van der Waals surface area (Å²) in [6.45, 7) is 2.09. The minimum Gasteiger partial charge on any atom is -0.454 e. The highest BCUT2D eigenvalue weighted by molar-refractivity contribution is 6.43. The van der Waals surface area contributed by atoms with Crippen LogP contribution in [0.1, 0.15) is 18.5 Å². The molecular weight excluding hydrogens is 339 g/mol. The van der Waals surface area contributed by atoms with Gasteiger partial charge in [0.15, 0.2) is 11.5 Å². The predicted molar refractivity (Wildman–Crippen MR) is 89.6 cm³/mol. The number of benzene rings is 2. The molecule has 1 aliphatic rings. The predicted octanol–water partition coefficient (Wildman–Crippen LogP) is 4.60. The number of nitrogens with one attached hydrogen (secondary N) is 2. The quantitative estimate of drug-likeness (QED) is 0.848. The molecule has 0 radical (unpaired) electrons. The maximum Gasteiger partial charge on any atom is 0.319 e. The van der Waals surface area contributed by atoms with Crippen molar-refractivity contribution >= 4 is 34.9 Å². The Morgan fingerprint density at radius 1 is 1.17 bits per heavy atom. The van der Waals surface area contributed by atoms with Crippen LogP contribution in [-0.4, -0.2) is 12.8 Å². The van der Waals surface area contributed by atoms with Crippen molar-refractivity contribution in [1.29, 1.82) is 0 Å². The van der Waals surface area contributed by atoms with E-state index in [2.05, 4.69) is 10.6 Å². The number of anilines is 1. The van der Waals surface area contributed by atoms with Gasteiger partial charge in [-0.05, 0) is 36.8 Å². The molecule has 1 atom stereocenters. The van der Waals surface area contributed by atoms with Crippen LogP contribution in [0.25, 0.3) is 0 Å². The molecule has 0 unspecified atom stereocenters. The average molecular weight is 353 g/mol. The highest BCUT2D eigenvalue weighted by Crippen LogP contribution is 2.34. The van der Waals surface area contributed by atoms with Gasteiger partial charge < -0.3 is 20.1 Å². The van der Waals surface area contributed by atoms with Crippen molar-refractivity contribution in [3.8, 4) is 11.5 Å². The summed E-state index contributed by atoms with van der Waals surface area (Å²) < 4.78 is 10.6. The van der Waals surface area contributed by atoms with Crippen molar-refractivity contribution in [3.63, 3.8) is 0 Å². The normalized spacial score (nSPS) is 13.5. The van der Waals surface area contributed by atoms with Crippen LogP contribution >= 0.6 is 23.2 Å². The van der Waals surface area contributed by atoms with Crippen molar-refractivity contribution in [3.05, 3.63) is 52.0 Å². The lowest BCUT2D eigenvalue weighted by Gasteiger charge is -2.16. The second-order valence-corrected chi connectivity index (χ2v) is 5.82. The van der Waals surface area contributed by atoms with Gasteiger partial charge in [-0.1, -0.05) is 35.3 Å². The number of ether oxygens (including phenoxy) is 2. The van der Waals surface area contributed by atoms with E-state index in [1.807, 2.05) is 25.1 Å². The van der Waals surface area contributed by atoms with Gasteiger partial charge >= 0.3 is 6.03 Å². The molecule has 3 rings (SSSR count). The van der Waals surface area contributed by atoms with E-state index in [1.54, 1.807) is 18.2 Å². The number of rotatable bonds is 3. The standard InChI is InChI=1S/C16H14Cl2N2O3/c1-9(10-5-6-13-14(7-10)23-8-22-13)19-16(21)20-12-4-2-3-11(17)15(12)18/h2-7,9H,8H2,1H3,(H2,19,20,21)/t9-/m0/s1. The lowest BCUT2D eigenvalue weighted by Crippen LogP contribution is -2.31. The number of hydrogen-bond acceptors (Lipinski definition) is 3. The first-order valence-electron chi connectivity index (χ1n) is 6.95. The van der Waals surface area contributed by atoms with Crippen molar-refractivity contribution in [1.82, 2.24) is 5.32 Å². The highest BCUT2D eigenvalue weighted by atomic mass is 35.5. The van der Waals surface area contributed by atoms with Gasteiger partial charge in [0.1, 0.15) is 0 Å². The van der Waals surface area contributed by atoms with Gasteiger partial charge in [-0.3, -0.25) is 0 Å². The van der Waals surface area contributed by atoms with E-state index in [0.717, 1.165) is 5.56 Å². The van der Waals surface area contributed by atoms with Gasteiger partial charge in [0.25, 0.3) is 0 Å². The zero-order chi connectivity index (χ0) is 16.4. The fraction of sp³-hybridized carbons (Fsp3) is 0.188. The average Bonchev–Trinajstić information content (AvgIpc) is 2.99. The van der Waals surface area contributed by atoms with Gasteiger partial charge in [0.2, 0.25) is 6.79 Å². The van der Waals surface area contributed by atoms with Gasteiger partial charge in [0, 0.05) is 0 Å². The Labute approximate surface area is 143 Å². The van der Waals surface area contributed by atoms with Crippen molar-refractivity contribution in [2.75, 3.05) is 12.1 Å². The monoisotopic (exact) mass is 352 g/mol. The van der Waals surface area contributed by atoms with Crippen LogP contribution in [0.5, 0.6) is 11.5 Å². The van der Waals surface area contributed by atoms with Crippen LogP contribution in [-0.2, 0) is 0 Å². The summed E-state index contributed by atoms with van der Waals surface area (Å²) in [7, 11) is 0. The Hall–Kier alpha value is -2.11. The molecule has 0 bridgehead atoms. The Morgan fingerprint density at radius 3 is 2.78 bits per heavy atom. The summed E-state index contributed by atoms with van der Waals surface area (Å²) in [5, 5.41) is 6.20. The van der Waals surface area contributed by atoms with E-state index < -0.39 is 0 Å². The molecule has 1 heterocycles.